The predicted octanol–water partition coefficient (Wildman–Crippen LogP) is 1.56. The quantitative estimate of drug-likeness (QED) is 0.719. The Morgan fingerprint density at radius 3 is 2.54 bits per heavy atom. The molecule has 0 saturated carbocycles. The van der Waals surface area contributed by atoms with Crippen LogP contribution < -0.4 is 4.72 Å². The summed E-state index contributed by atoms with van der Waals surface area (Å²) in [5.74, 6) is -0.185. The van der Waals surface area contributed by atoms with Crippen molar-refractivity contribution in [2.24, 2.45) is 7.05 Å². The van der Waals surface area contributed by atoms with Crippen molar-refractivity contribution < 1.29 is 17.9 Å². The molecule has 0 aliphatic heterocycles. The van der Waals surface area contributed by atoms with E-state index in [1.165, 1.54) is 30.1 Å². The summed E-state index contributed by atoms with van der Waals surface area (Å²) in [4.78, 5) is 11.6. The number of sulfonamides is 1. The lowest BCUT2D eigenvalue weighted by Gasteiger charge is -2.09. The molecule has 0 fully saturated rings. The maximum absolute atomic E-state index is 12.5. The third-order valence-electron chi connectivity index (χ3n) is 3.50. The van der Waals surface area contributed by atoms with Gasteiger partial charge in [-0.15, -0.1) is 5.10 Å². The lowest BCUT2D eigenvalue weighted by molar-refractivity contribution is 0.0601. The van der Waals surface area contributed by atoms with Crippen molar-refractivity contribution in [3.63, 3.8) is 0 Å². The molecule has 0 saturated heterocycles. The van der Waals surface area contributed by atoms with Gasteiger partial charge in [0.05, 0.1) is 23.8 Å². The van der Waals surface area contributed by atoms with Gasteiger partial charge in [0.1, 0.15) is 0 Å². The molecular formula is C15H14N4O4S. The fraction of sp³-hybridized carbons (Fsp3) is 0.133. The second kappa shape index (κ2) is 5.93. The summed E-state index contributed by atoms with van der Waals surface area (Å²) in [7, 11) is -0.881. The van der Waals surface area contributed by atoms with E-state index in [0.29, 0.717) is 10.9 Å². The summed E-state index contributed by atoms with van der Waals surface area (Å²) in [6.45, 7) is 0. The van der Waals surface area contributed by atoms with E-state index in [9.17, 15) is 13.2 Å². The number of aryl methyl sites for hydroxylation is 1. The summed E-state index contributed by atoms with van der Waals surface area (Å²) in [6, 6.07) is 9.54. The zero-order chi connectivity index (χ0) is 17.3. The second-order valence-electron chi connectivity index (χ2n) is 5.06. The van der Waals surface area contributed by atoms with E-state index in [4.69, 9.17) is 0 Å². The lowest BCUT2D eigenvalue weighted by Crippen LogP contribution is -2.15. The Hall–Kier alpha value is -2.94. The zero-order valence-electron chi connectivity index (χ0n) is 12.9. The van der Waals surface area contributed by atoms with Gasteiger partial charge < -0.3 is 4.74 Å². The van der Waals surface area contributed by atoms with Gasteiger partial charge in [0.25, 0.3) is 10.0 Å². The number of nitrogens with zero attached hydrogens (tertiary/aromatic N) is 3. The van der Waals surface area contributed by atoms with E-state index < -0.39 is 16.0 Å². The molecule has 0 spiro atoms. The van der Waals surface area contributed by atoms with Crippen molar-refractivity contribution in [3.8, 4) is 0 Å². The normalized spacial score (nSPS) is 11.4. The average Bonchev–Trinajstić information content (AvgIpc) is 2.97. The van der Waals surface area contributed by atoms with E-state index in [0.717, 1.165) is 5.39 Å². The van der Waals surface area contributed by atoms with Crippen molar-refractivity contribution in [1.82, 2.24) is 15.0 Å². The van der Waals surface area contributed by atoms with Crippen LogP contribution in [0.4, 0.5) is 5.82 Å². The highest BCUT2D eigenvalue weighted by Gasteiger charge is 2.17. The van der Waals surface area contributed by atoms with Crippen molar-refractivity contribution in [3.05, 3.63) is 48.2 Å². The van der Waals surface area contributed by atoms with Crippen LogP contribution in [0.3, 0.4) is 0 Å². The number of methoxy groups -OCH3 is 1. The maximum atomic E-state index is 12.5. The number of hydrogen-bond acceptors (Lipinski definition) is 6. The van der Waals surface area contributed by atoms with E-state index in [1.54, 1.807) is 31.3 Å². The second-order valence-corrected chi connectivity index (χ2v) is 6.75. The number of ether oxygens (including phenoxy) is 1. The molecule has 0 bridgehead atoms. The van der Waals surface area contributed by atoms with Gasteiger partial charge >= 0.3 is 5.97 Å². The van der Waals surface area contributed by atoms with Crippen LogP contribution in [-0.4, -0.2) is 36.5 Å². The first-order valence-corrected chi connectivity index (χ1v) is 8.39. The highest BCUT2D eigenvalue weighted by molar-refractivity contribution is 7.92. The summed E-state index contributed by atoms with van der Waals surface area (Å²) >= 11 is 0. The van der Waals surface area contributed by atoms with Crippen LogP contribution in [0.1, 0.15) is 10.4 Å². The molecule has 1 aromatic heterocycles. The first-order valence-electron chi connectivity index (χ1n) is 6.90. The number of fused-ring (bicyclic) bond motifs is 1. The molecule has 8 nitrogen and oxygen atoms in total. The Morgan fingerprint density at radius 2 is 1.88 bits per heavy atom. The Balaban J connectivity index is 1.98. The molecule has 0 atom stereocenters. The van der Waals surface area contributed by atoms with Crippen LogP contribution >= 0.6 is 0 Å². The molecule has 0 radical (unpaired) electrons. The molecule has 0 aliphatic rings. The molecular weight excluding hydrogens is 332 g/mol. The first kappa shape index (κ1) is 15.9. The summed E-state index contributed by atoms with van der Waals surface area (Å²) in [6.07, 6.45) is 1.32. The monoisotopic (exact) mass is 346 g/mol. The summed E-state index contributed by atoms with van der Waals surface area (Å²) < 4.78 is 33.3. The molecule has 3 aromatic rings. The Bertz CT molecular complexity index is 1030. The van der Waals surface area contributed by atoms with Gasteiger partial charge in [0, 0.05) is 7.05 Å². The molecule has 0 aliphatic carbocycles. The molecule has 1 N–H and O–H groups in total. The summed E-state index contributed by atoms with van der Waals surface area (Å²) in [5.41, 5.74) is 0.402. The predicted molar refractivity (Wildman–Crippen MR) is 87.1 cm³/mol. The standard InChI is InChI=1S/C15H14N4O4S/c1-19-14(9-16-18-19)17-24(21,22)13-6-5-10-7-12(15(20)23-2)4-3-11(10)8-13/h3-9,17H,1-2H3. The van der Waals surface area contributed by atoms with Gasteiger partial charge in [-0.2, -0.15) is 0 Å². The van der Waals surface area contributed by atoms with E-state index >= 15 is 0 Å². The molecule has 124 valence electrons. The number of carbonyl (C=O) groups is 1. The Morgan fingerprint density at radius 1 is 1.17 bits per heavy atom. The van der Waals surface area contributed by atoms with Gasteiger partial charge in [0.2, 0.25) is 0 Å². The lowest BCUT2D eigenvalue weighted by atomic mass is 10.1. The van der Waals surface area contributed by atoms with Gasteiger partial charge in [0.15, 0.2) is 5.82 Å². The minimum atomic E-state index is -3.77. The van der Waals surface area contributed by atoms with Crippen LogP contribution in [0.15, 0.2) is 47.5 Å². The molecule has 1 heterocycles. The molecule has 0 amide bonds. The van der Waals surface area contributed by atoms with Crippen LogP contribution in [0, 0.1) is 0 Å². The molecule has 24 heavy (non-hydrogen) atoms. The minimum absolute atomic E-state index is 0.0991. The number of rotatable bonds is 4. The van der Waals surface area contributed by atoms with Gasteiger partial charge in [-0.05, 0) is 35.0 Å². The van der Waals surface area contributed by atoms with Crippen molar-refractivity contribution in [2.75, 3.05) is 11.8 Å². The fourth-order valence-corrected chi connectivity index (χ4v) is 3.32. The minimum Gasteiger partial charge on any atom is -0.465 e. The van der Waals surface area contributed by atoms with Crippen LogP contribution in [0.25, 0.3) is 10.8 Å². The fourth-order valence-electron chi connectivity index (χ4n) is 2.21. The number of aromatic nitrogens is 3. The average molecular weight is 346 g/mol. The van der Waals surface area contributed by atoms with E-state index in [2.05, 4.69) is 19.8 Å². The van der Waals surface area contributed by atoms with Crippen molar-refractivity contribution in [1.29, 1.82) is 0 Å². The van der Waals surface area contributed by atoms with Gasteiger partial charge in [-0.25, -0.2) is 17.9 Å². The molecule has 3 rings (SSSR count). The number of carbonyl (C=O) groups excluding carboxylic acids is 1. The van der Waals surface area contributed by atoms with Crippen molar-refractivity contribution in [2.45, 2.75) is 4.90 Å². The Kier molecular flexibility index (Phi) is 3.94. The number of hydrogen-bond donors (Lipinski definition) is 1. The molecule has 9 heteroatoms. The zero-order valence-corrected chi connectivity index (χ0v) is 13.7. The van der Waals surface area contributed by atoms with Crippen LogP contribution in [0.5, 0.6) is 0 Å². The topological polar surface area (TPSA) is 103 Å². The maximum Gasteiger partial charge on any atom is 0.337 e. The van der Waals surface area contributed by atoms with Crippen LogP contribution in [-0.2, 0) is 21.8 Å². The van der Waals surface area contributed by atoms with E-state index in [1.807, 2.05) is 0 Å². The third kappa shape index (κ3) is 2.93. The molecule has 2 aromatic carbocycles. The Labute approximate surface area is 138 Å². The number of esters is 1. The largest absolute Gasteiger partial charge is 0.465 e. The van der Waals surface area contributed by atoms with Crippen LogP contribution in [0.2, 0.25) is 0 Å². The smallest absolute Gasteiger partial charge is 0.337 e. The summed E-state index contributed by atoms with van der Waals surface area (Å²) in [5, 5.41) is 8.72. The van der Waals surface area contributed by atoms with Gasteiger partial charge in [-0.3, -0.25) is 4.72 Å². The number of anilines is 1. The highest BCUT2D eigenvalue weighted by atomic mass is 32.2. The molecule has 0 unspecified atom stereocenters. The first-order chi connectivity index (χ1) is 11.4. The number of benzene rings is 2. The number of nitrogens with one attached hydrogen (secondary N) is 1. The SMILES string of the molecule is COC(=O)c1ccc2cc(S(=O)(=O)Nc3cnnn3C)ccc2c1. The third-order valence-corrected chi connectivity index (χ3v) is 4.85. The highest BCUT2D eigenvalue weighted by Crippen LogP contribution is 2.22. The van der Waals surface area contributed by atoms with Gasteiger partial charge in [-0.1, -0.05) is 17.3 Å². The van der Waals surface area contributed by atoms with Crippen molar-refractivity contribution >= 4 is 32.6 Å². The van der Waals surface area contributed by atoms with E-state index in [-0.39, 0.29) is 10.7 Å².